The first-order chi connectivity index (χ1) is 11.9. The van der Waals surface area contributed by atoms with E-state index in [4.69, 9.17) is 4.74 Å². The Kier molecular flexibility index (Phi) is 5.98. The highest BCUT2D eigenvalue weighted by molar-refractivity contribution is 7.98. The quantitative estimate of drug-likeness (QED) is 0.356. The Balaban J connectivity index is 1.98. The SMILES string of the molecule is CSc1ccc(C(=O)OCC(=O)NC2(C#N)CCCC2)cc1[N+](=O)[O-]. The van der Waals surface area contributed by atoms with Gasteiger partial charge in [-0.05, 0) is 44.1 Å². The number of nitro groups is 1. The van der Waals surface area contributed by atoms with Gasteiger partial charge in [0.25, 0.3) is 11.6 Å². The number of thioether (sulfide) groups is 1. The smallest absolute Gasteiger partial charge is 0.338 e. The minimum Gasteiger partial charge on any atom is -0.452 e. The summed E-state index contributed by atoms with van der Waals surface area (Å²) in [6, 6.07) is 6.11. The second kappa shape index (κ2) is 7.98. The topological polar surface area (TPSA) is 122 Å². The number of carbonyl (C=O) groups excluding carboxylic acids is 2. The standard InChI is InChI=1S/C16H17N3O5S/c1-25-13-5-4-11(8-12(13)19(22)23)15(21)24-9-14(20)18-16(10-17)6-2-3-7-16/h4-5,8H,2-3,6-7,9H2,1H3,(H,18,20). The normalized spacial score (nSPS) is 15.2. The molecule has 1 amide bonds. The van der Waals surface area contributed by atoms with Gasteiger partial charge in [0.2, 0.25) is 0 Å². The number of carbonyl (C=O) groups is 2. The highest BCUT2D eigenvalue weighted by atomic mass is 32.2. The lowest BCUT2D eigenvalue weighted by atomic mass is 10.00. The molecule has 1 fully saturated rings. The fourth-order valence-electron chi connectivity index (χ4n) is 2.72. The molecule has 1 aromatic rings. The van der Waals surface area contributed by atoms with E-state index in [0.29, 0.717) is 17.7 Å². The third kappa shape index (κ3) is 4.48. The molecule has 2 rings (SSSR count). The fraction of sp³-hybridized carbons (Fsp3) is 0.438. The van der Waals surface area contributed by atoms with Crippen LogP contribution in [-0.2, 0) is 9.53 Å². The number of esters is 1. The summed E-state index contributed by atoms with van der Waals surface area (Å²) in [5.74, 6) is -1.39. The highest BCUT2D eigenvalue weighted by Gasteiger charge is 2.35. The van der Waals surface area contributed by atoms with E-state index in [1.54, 1.807) is 6.26 Å². The molecule has 25 heavy (non-hydrogen) atoms. The maximum absolute atomic E-state index is 12.0. The van der Waals surface area contributed by atoms with Crippen molar-refractivity contribution in [1.29, 1.82) is 5.26 Å². The van der Waals surface area contributed by atoms with Crippen LogP contribution in [0, 0.1) is 21.4 Å². The molecule has 0 atom stereocenters. The monoisotopic (exact) mass is 363 g/mol. The molecule has 1 aliphatic rings. The van der Waals surface area contributed by atoms with Gasteiger partial charge >= 0.3 is 5.97 Å². The fourth-order valence-corrected chi connectivity index (χ4v) is 3.27. The molecule has 0 aromatic heterocycles. The summed E-state index contributed by atoms with van der Waals surface area (Å²) < 4.78 is 4.91. The third-order valence-electron chi connectivity index (χ3n) is 4.00. The molecule has 1 saturated carbocycles. The Bertz CT molecular complexity index is 738. The van der Waals surface area contributed by atoms with Crippen LogP contribution in [0.15, 0.2) is 23.1 Å². The van der Waals surface area contributed by atoms with Gasteiger partial charge in [-0.1, -0.05) is 0 Å². The van der Waals surface area contributed by atoms with Crippen LogP contribution < -0.4 is 5.32 Å². The zero-order valence-corrected chi connectivity index (χ0v) is 14.4. The van der Waals surface area contributed by atoms with Crippen molar-refractivity contribution >= 4 is 29.3 Å². The summed E-state index contributed by atoms with van der Waals surface area (Å²) in [5, 5.41) is 22.9. The Morgan fingerprint density at radius 1 is 1.44 bits per heavy atom. The Labute approximate surface area is 148 Å². The van der Waals surface area contributed by atoms with E-state index >= 15 is 0 Å². The maximum Gasteiger partial charge on any atom is 0.338 e. The Morgan fingerprint density at radius 3 is 2.68 bits per heavy atom. The molecule has 0 unspecified atom stereocenters. The number of ether oxygens (including phenoxy) is 1. The molecule has 0 heterocycles. The van der Waals surface area contributed by atoms with E-state index in [9.17, 15) is 25.0 Å². The lowest BCUT2D eigenvalue weighted by Crippen LogP contribution is -2.46. The van der Waals surface area contributed by atoms with Crippen LogP contribution in [0.3, 0.4) is 0 Å². The van der Waals surface area contributed by atoms with E-state index in [1.807, 2.05) is 0 Å². The molecule has 132 valence electrons. The molecule has 1 N–H and O–H groups in total. The minimum absolute atomic E-state index is 0.00633. The summed E-state index contributed by atoms with van der Waals surface area (Å²) in [7, 11) is 0. The molecule has 0 saturated heterocycles. The van der Waals surface area contributed by atoms with Gasteiger partial charge in [-0.2, -0.15) is 5.26 Å². The summed E-state index contributed by atoms with van der Waals surface area (Å²) in [4.78, 5) is 34.8. The van der Waals surface area contributed by atoms with Gasteiger partial charge in [-0.15, -0.1) is 11.8 Å². The van der Waals surface area contributed by atoms with Crippen LogP contribution in [0.25, 0.3) is 0 Å². The first-order valence-electron chi connectivity index (χ1n) is 7.62. The van der Waals surface area contributed by atoms with E-state index in [1.165, 1.54) is 23.9 Å². The Hall–Kier alpha value is -2.60. The Morgan fingerprint density at radius 2 is 2.12 bits per heavy atom. The van der Waals surface area contributed by atoms with E-state index in [2.05, 4.69) is 11.4 Å². The number of hydrogen-bond donors (Lipinski definition) is 1. The average Bonchev–Trinajstić information content (AvgIpc) is 3.07. The number of nitriles is 1. The van der Waals surface area contributed by atoms with Crippen molar-refractivity contribution < 1.29 is 19.2 Å². The van der Waals surface area contributed by atoms with Crippen molar-refractivity contribution in [2.24, 2.45) is 0 Å². The molecule has 9 heteroatoms. The first kappa shape index (κ1) is 18.7. The van der Waals surface area contributed by atoms with Crippen molar-refractivity contribution in [3.63, 3.8) is 0 Å². The molecule has 0 aliphatic heterocycles. The molecule has 0 bridgehead atoms. The molecule has 1 aliphatic carbocycles. The summed E-state index contributed by atoms with van der Waals surface area (Å²) >= 11 is 1.19. The minimum atomic E-state index is -0.887. The first-order valence-corrected chi connectivity index (χ1v) is 8.85. The van der Waals surface area contributed by atoms with Crippen molar-refractivity contribution in [2.45, 2.75) is 36.1 Å². The maximum atomic E-state index is 12.0. The number of amides is 1. The number of nitro benzene ring substituents is 1. The molecular weight excluding hydrogens is 346 g/mol. The molecule has 1 aromatic carbocycles. The number of nitrogens with zero attached hydrogens (tertiary/aromatic N) is 2. The van der Waals surface area contributed by atoms with Gasteiger partial charge in [-0.25, -0.2) is 4.79 Å². The molecule has 8 nitrogen and oxygen atoms in total. The predicted molar refractivity (Wildman–Crippen MR) is 90.1 cm³/mol. The zero-order valence-electron chi connectivity index (χ0n) is 13.6. The second-order valence-electron chi connectivity index (χ2n) is 5.67. The summed E-state index contributed by atoms with van der Waals surface area (Å²) in [6.45, 7) is -0.541. The highest BCUT2D eigenvalue weighted by Crippen LogP contribution is 2.29. The second-order valence-corrected chi connectivity index (χ2v) is 6.52. The van der Waals surface area contributed by atoms with Crippen molar-refractivity contribution in [3.8, 4) is 6.07 Å². The number of hydrogen-bond acceptors (Lipinski definition) is 7. The molecular formula is C16H17N3O5S. The van der Waals surface area contributed by atoms with Crippen LogP contribution in [0.1, 0.15) is 36.0 Å². The number of benzene rings is 1. The van der Waals surface area contributed by atoms with Crippen LogP contribution in [0.2, 0.25) is 0 Å². The van der Waals surface area contributed by atoms with E-state index < -0.39 is 28.9 Å². The van der Waals surface area contributed by atoms with Crippen molar-refractivity contribution in [1.82, 2.24) is 5.32 Å². The van der Waals surface area contributed by atoms with Crippen LogP contribution >= 0.6 is 11.8 Å². The van der Waals surface area contributed by atoms with Crippen LogP contribution in [0.5, 0.6) is 0 Å². The number of nitrogens with one attached hydrogen (secondary N) is 1. The lowest BCUT2D eigenvalue weighted by Gasteiger charge is -2.21. The third-order valence-corrected chi connectivity index (χ3v) is 4.78. The summed E-state index contributed by atoms with van der Waals surface area (Å²) in [6.07, 6.45) is 4.56. The van der Waals surface area contributed by atoms with Crippen molar-refractivity contribution in [2.75, 3.05) is 12.9 Å². The van der Waals surface area contributed by atoms with Crippen molar-refractivity contribution in [3.05, 3.63) is 33.9 Å². The number of rotatable bonds is 6. The van der Waals surface area contributed by atoms with Gasteiger partial charge in [0.05, 0.1) is 21.5 Å². The average molecular weight is 363 g/mol. The zero-order chi connectivity index (χ0) is 18.4. The lowest BCUT2D eigenvalue weighted by molar-refractivity contribution is -0.387. The van der Waals surface area contributed by atoms with Gasteiger partial charge in [0.15, 0.2) is 6.61 Å². The molecule has 0 radical (unpaired) electrons. The van der Waals surface area contributed by atoms with Gasteiger partial charge in [0.1, 0.15) is 5.54 Å². The van der Waals surface area contributed by atoms with Gasteiger partial charge in [0, 0.05) is 6.07 Å². The van der Waals surface area contributed by atoms with E-state index in [0.717, 1.165) is 18.9 Å². The van der Waals surface area contributed by atoms with E-state index in [-0.39, 0.29) is 11.3 Å². The summed E-state index contributed by atoms with van der Waals surface area (Å²) in [5.41, 5.74) is -1.09. The van der Waals surface area contributed by atoms with Crippen LogP contribution in [0.4, 0.5) is 5.69 Å². The predicted octanol–water partition coefficient (Wildman–Crippen LogP) is 2.43. The van der Waals surface area contributed by atoms with Gasteiger partial charge < -0.3 is 10.1 Å². The largest absolute Gasteiger partial charge is 0.452 e. The molecule has 0 spiro atoms. The van der Waals surface area contributed by atoms with Crippen LogP contribution in [-0.4, -0.2) is 35.2 Å². The van der Waals surface area contributed by atoms with Gasteiger partial charge in [-0.3, -0.25) is 14.9 Å².